The molecule has 1 aromatic rings. The number of amides is 1. The van der Waals surface area contributed by atoms with Gasteiger partial charge in [0.1, 0.15) is 12.4 Å². The molecule has 1 heterocycles. The van der Waals surface area contributed by atoms with Crippen molar-refractivity contribution in [3.63, 3.8) is 0 Å². The number of carbonyl (C=O) groups excluding carboxylic acids is 1. The van der Waals surface area contributed by atoms with Crippen LogP contribution in [-0.2, 0) is 19.6 Å². The van der Waals surface area contributed by atoms with E-state index in [0.29, 0.717) is 22.8 Å². The van der Waals surface area contributed by atoms with Crippen LogP contribution in [-0.4, -0.2) is 121 Å². The monoisotopic (exact) mass is 512 g/mol. The second-order valence-electron chi connectivity index (χ2n) is 9.86. The van der Waals surface area contributed by atoms with E-state index in [1.165, 1.54) is 11.4 Å². The van der Waals surface area contributed by atoms with Gasteiger partial charge < -0.3 is 24.2 Å². The van der Waals surface area contributed by atoms with Crippen LogP contribution in [0.25, 0.3) is 0 Å². The number of hydrogen-bond acceptors (Lipinski definition) is 7. The predicted molar refractivity (Wildman–Crippen MR) is 138 cm³/mol. The van der Waals surface area contributed by atoms with E-state index >= 15 is 0 Å². The molecule has 1 unspecified atom stereocenters. The Bertz CT molecular complexity index is 915. The zero-order valence-electron chi connectivity index (χ0n) is 22.5. The van der Waals surface area contributed by atoms with Gasteiger partial charge in [-0.3, -0.25) is 4.79 Å². The Kier molecular flexibility index (Phi) is 11.4. The molecule has 1 fully saturated rings. The molecular formula is C25H44N4O5S. The molecule has 200 valence electrons. The molecule has 0 N–H and O–H groups in total. The Hall–Kier alpha value is -1.72. The summed E-state index contributed by atoms with van der Waals surface area (Å²) in [5, 5.41) is 0. The topological polar surface area (TPSA) is 82.6 Å². The maximum absolute atomic E-state index is 13.1. The number of methoxy groups -OCH3 is 1. The van der Waals surface area contributed by atoms with Gasteiger partial charge in [-0.25, -0.2) is 8.42 Å². The summed E-state index contributed by atoms with van der Waals surface area (Å²) in [4.78, 5) is 19.2. The van der Waals surface area contributed by atoms with Crippen LogP contribution in [0.15, 0.2) is 17.0 Å². The lowest BCUT2D eigenvalue weighted by atomic mass is 10.1. The van der Waals surface area contributed by atoms with Gasteiger partial charge >= 0.3 is 0 Å². The van der Waals surface area contributed by atoms with Crippen molar-refractivity contribution in [3.05, 3.63) is 23.3 Å². The molecule has 1 aliphatic rings. The first-order chi connectivity index (χ1) is 16.4. The molecule has 2 rings (SSSR count). The number of hydrogen-bond donors (Lipinski definition) is 0. The van der Waals surface area contributed by atoms with Crippen molar-refractivity contribution in [1.82, 2.24) is 19.0 Å². The lowest BCUT2D eigenvalue weighted by Gasteiger charge is -2.23. The lowest BCUT2D eigenvalue weighted by Crippen LogP contribution is -2.36. The van der Waals surface area contributed by atoms with Gasteiger partial charge in [-0.2, -0.15) is 4.31 Å². The summed E-state index contributed by atoms with van der Waals surface area (Å²) in [5.41, 5.74) is 1.27. The van der Waals surface area contributed by atoms with Gasteiger partial charge in [0.2, 0.25) is 15.9 Å². The number of sulfonamides is 1. The zero-order valence-corrected chi connectivity index (χ0v) is 23.4. The van der Waals surface area contributed by atoms with E-state index in [1.807, 2.05) is 7.05 Å². The Morgan fingerprint density at radius 2 is 1.77 bits per heavy atom. The zero-order chi connectivity index (χ0) is 26.2. The molecule has 0 spiro atoms. The Balaban J connectivity index is 1.74. The standard InChI is InChI=1S/C25H44N4O5S/c1-20-15-23(33-7)16-21(2)25(20)35(31,32)28(6)13-14-34-19-24(30)27(5)17-22-9-12-29(18-22)11-8-10-26(3)4/h15-16,22H,8-14,17-19H2,1-7H3. The van der Waals surface area contributed by atoms with Crippen LogP contribution in [0.1, 0.15) is 24.0 Å². The first-order valence-electron chi connectivity index (χ1n) is 12.3. The van der Waals surface area contributed by atoms with Crippen LogP contribution in [0.3, 0.4) is 0 Å². The number of likely N-dealkylation sites (N-methyl/N-ethyl adjacent to an activating group) is 2. The quantitative estimate of drug-likeness (QED) is 0.351. The summed E-state index contributed by atoms with van der Waals surface area (Å²) >= 11 is 0. The maximum Gasteiger partial charge on any atom is 0.248 e. The molecule has 0 radical (unpaired) electrons. The van der Waals surface area contributed by atoms with Crippen molar-refractivity contribution in [1.29, 1.82) is 0 Å². The first kappa shape index (κ1) is 29.5. The van der Waals surface area contributed by atoms with Crippen molar-refractivity contribution in [3.8, 4) is 5.75 Å². The molecule has 1 aromatic carbocycles. The van der Waals surface area contributed by atoms with Crippen molar-refractivity contribution >= 4 is 15.9 Å². The molecule has 35 heavy (non-hydrogen) atoms. The third-order valence-corrected chi connectivity index (χ3v) is 8.68. The van der Waals surface area contributed by atoms with Crippen molar-refractivity contribution in [2.75, 3.05) is 87.8 Å². The van der Waals surface area contributed by atoms with Crippen LogP contribution >= 0.6 is 0 Å². The summed E-state index contributed by atoms with van der Waals surface area (Å²) in [6.45, 7) is 8.79. The molecule has 10 heteroatoms. The highest BCUT2D eigenvalue weighted by molar-refractivity contribution is 7.89. The van der Waals surface area contributed by atoms with Gasteiger partial charge in [-0.1, -0.05) is 0 Å². The van der Waals surface area contributed by atoms with Gasteiger partial charge in [0.25, 0.3) is 0 Å². The number of ether oxygens (including phenoxy) is 2. The highest BCUT2D eigenvalue weighted by atomic mass is 32.2. The van der Waals surface area contributed by atoms with Crippen molar-refractivity contribution < 1.29 is 22.7 Å². The second-order valence-corrected chi connectivity index (χ2v) is 11.8. The van der Waals surface area contributed by atoms with Gasteiger partial charge in [0.15, 0.2) is 0 Å². The molecule has 1 amide bonds. The van der Waals surface area contributed by atoms with Crippen molar-refractivity contribution in [2.24, 2.45) is 5.92 Å². The normalized spacial score (nSPS) is 16.9. The second kappa shape index (κ2) is 13.5. The van der Waals surface area contributed by atoms with E-state index in [4.69, 9.17) is 9.47 Å². The Morgan fingerprint density at radius 1 is 1.11 bits per heavy atom. The smallest absolute Gasteiger partial charge is 0.248 e. The predicted octanol–water partition coefficient (Wildman–Crippen LogP) is 1.68. The van der Waals surface area contributed by atoms with Gasteiger partial charge in [0.05, 0.1) is 18.6 Å². The van der Waals surface area contributed by atoms with E-state index in [2.05, 4.69) is 23.9 Å². The molecule has 0 saturated carbocycles. The Morgan fingerprint density at radius 3 is 2.37 bits per heavy atom. The molecular weight excluding hydrogens is 468 g/mol. The largest absolute Gasteiger partial charge is 0.497 e. The third kappa shape index (κ3) is 8.71. The summed E-state index contributed by atoms with van der Waals surface area (Å²) < 4.78 is 38.2. The summed E-state index contributed by atoms with van der Waals surface area (Å²) in [5.74, 6) is 1.03. The minimum atomic E-state index is -3.68. The highest BCUT2D eigenvalue weighted by Crippen LogP contribution is 2.27. The van der Waals surface area contributed by atoms with E-state index in [9.17, 15) is 13.2 Å². The number of benzene rings is 1. The summed E-state index contributed by atoms with van der Waals surface area (Å²) in [6, 6.07) is 3.43. The molecule has 0 bridgehead atoms. The van der Waals surface area contributed by atoms with Crippen LogP contribution in [0.2, 0.25) is 0 Å². The molecule has 1 atom stereocenters. The fourth-order valence-electron chi connectivity index (χ4n) is 4.54. The minimum absolute atomic E-state index is 0.0513. The summed E-state index contributed by atoms with van der Waals surface area (Å²) in [7, 11) is 5.40. The summed E-state index contributed by atoms with van der Waals surface area (Å²) in [6.07, 6.45) is 2.26. The maximum atomic E-state index is 13.1. The number of likely N-dealkylation sites (tertiary alicyclic amines) is 1. The van der Waals surface area contributed by atoms with Gasteiger partial charge in [-0.05, 0) is 89.6 Å². The van der Waals surface area contributed by atoms with E-state index < -0.39 is 10.0 Å². The molecule has 0 aliphatic carbocycles. The average molecular weight is 513 g/mol. The average Bonchev–Trinajstić information content (AvgIpc) is 3.22. The minimum Gasteiger partial charge on any atom is -0.497 e. The van der Waals surface area contributed by atoms with Gasteiger partial charge in [0, 0.05) is 33.7 Å². The van der Waals surface area contributed by atoms with Crippen molar-refractivity contribution in [2.45, 2.75) is 31.6 Å². The number of aryl methyl sites for hydroxylation is 2. The molecule has 1 aliphatic heterocycles. The van der Waals surface area contributed by atoms with Gasteiger partial charge in [-0.15, -0.1) is 0 Å². The van der Waals surface area contributed by atoms with E-state index in [1.54, 1.807) is 38.0 Å². The molecule has 9 nitrogen and oxygen atoms in total. The highest BCUT2D eigenvalue weighted by Gasteiger charge is 2.26. The molecule has 0 aromatic heterocycles. The SMILES string of the molecule is COc1cc(C)c(S(=O)(=O)N(C)CCOCC(=O)N(C)CC2CCN(CCCN(C)C)C2)c(C)c1. The lowest BCUT2D eigenvalue weighted by molar-refractivity contribution is -0.135. The van der Waals surface area contributed by atoms with Crippen LogP contribution in [0.4, 0.5) is 0 Å². The first-order valence-corrected chi connectivity index (χ1v) is 13.7. The van der Waals surface area contributed by atoms with Crippen LogP contribution < -0.4 is 4.74 Å². The molecule has 1 saturated heterocycles. The van der Waals surface area contributed by atoms with E-state index in [0.717, 1.165) is 45.6 Å². The Labute approximate surface area is 212 Å². The number of nitrogens with zero attached hydrogens (tertiary/aromatic N) is 4. The van der Waals surface area contributed by atoms with E-state index in [-0.39, 0.29) is 30.6 Å². The third-order valence-electron chi connectivity index (χ3n) is 6.52. The fraction of sp³-hybridized carbons (Fsp3) is 0.720. The fourth-order valence-corrected chi connectivity index (χ4v) is 6.10. The van der Waals surface area contributed by atoms with Crippen LogP contribution in [0.5, 0.6) is 5.75 Å². The number of carbonyl (C=O) groups is 1. The number of rotatable bonds is 14. The van der Waals surface area contributed by atoms with Crippen LogP contribution in [0, 0.1) is 19.8 Å².